The van der Waals surface area contributed by atoms with Gasteiger partial charge in [-0.2, -0.15) is 0 Å². The molecule has 6 nitrogen and oxygen atoms in total. The highest BCUT2D eigenvalue weighted by Crippen LogP contribution is 2.34. The van der Waals surface area contributed by atoms with Crippen molar-refractivity contribution in [1.82, 2.24) is 15.1 Å². The van der Waals surface area contributed by atoms with Gasteiger partial charge in [-0.1, -0.05) is 78.3 Å². The Balaban J connectivity index is 1.26. The van der Waals surface area contributed by atoms with Gasteiger partial charge in [-0.25, -0.2) is 0 Å². The van der Waals surface area contributed by atoms with E-state index in [0.717, 1.165) is 48.8 Å². The predicted octanol–water partition coefficient (Wildman–Crippen LogP) is 6.18. The summed E-state index contributed by atoms with van der Waals surface area (Å²) in [5.74, 6) is 0.824. The van der Waals surface area contributed by atoms with Gasteiger partial charge in [0.1, 0.15) is 5.75 Å². The normalized spacial score (nSPS) is 18.0. The summed E-state index contributed by atoms with van der Waals surface area (Å²) >= 11 is 6.20. The smallest absolute Gasteiger partial charge is 0.251 e. The zero-order chi connectivity index (χ0) is 30.2. The predicted molar refractivity (Wildman–Crippen MR) is 173 cm³/mol. The molecule has 2 heterocycles. The summed E-state index contributed by atoms with van der Waals surface area (Å²) in [7, 11) is 1.90. The Morgan fingerprint density at radius 3 is 2.35 bits per heavy atom. The quantitative estimate of drug-likeness (QED) is 0.253. The van der Waals surface area contributed by atoms with E-state index >= 15 is 0 Å². The number of rotatable bonds is 12. The third kappa shape index (κ3) is 8.07. The van der Waals surface area contributed by atoms with Crippen LogP contribution >= 0.6 is 11.6 Å². The molecule has 43 heavy (non-hydrogen) atoms. The number of nitrogens with zero attached hydrogens (tertiary/aromatic N) is 2. The lowest BCUT2D eigenvalue weighted by Gasteiger charge is -2.44. The van der Waals surface area contributed by atoms with E-state index in [-0.39, 0.29) is 23.9 Å². The number of halogens is 1. The first-order valence-corrected chi connectivity index (χ1v) is 15.8. The largest absolute Gasteiger partial charge is 0.492 e. The SMILES string of the molecule is CC(=O)N1CC2CC(c3ccc(CCCOc4ccccc4Cl)cc3)=C(C(=O)N(C)CCCCc3ccccc3)C(C1)N2. The number of amides is 2. The number of carbonyl (C=O) groups excluding carboxylic acids is 2. The molecule has 2 aliphatic heterocycles. The molecule has 0 radical (unpaired) electrons. The molecule has 7 heteroatoms. The lowest BCUT2D eigenvalue weighted by atomic mass is 9.82. The third-order valence-corrected chi connectivity index (χ3v) is 8.80. The van der Waals surface area contributed by atoms with Crippen molar-refractivity contribution in [3.8, 4) is 5.75 Å². The standard InChI is InChI=1S/C36H42ClN3O3/c1-26(41)40-24-30-23-31(29-19-17-28(18-20-29)14-10-22-43-34-16-7-6-15-32(34)37)35(33(25-40)38-30)36(42)39(2)21-9-8-13-27-11-4-3-5-12-27/h3-7,11-12,15-20,30,33,38H,8-10,13-14,21-25H2,1-2H3. The molecule has 2 bridgehead atoms. The van der Waals surface area contributed by atoms with E-state index in [4.69, 9.17) is 16.3 Å². The minimum atomic E-state index is -0.174. The molecule has 3 aromatic carbocycles. The van der Waals surface area contributed by atoms with E-state index in [9.17, 15) is 9.59 Å². The van der Waals surface area contributed by atoms with E-state index in [2.05, 4.69) is 53.8 Å². The van der Waals surface area contributed by atoms with Crippen molar-refractivity contribution in [2.45, 2.75) is 57.5 Å². The van der Waals surface area contributed by atoms with E-state index in [1.54, 1.807) is 6.92 Å². The molecule has 2 atom stereocenters. The molecule has 2 aliphatic rings. The molecule has 0 aromatic heterocycles. The monoisotopic (exact) mass is 599 g/mol. The number of piperazine rings is 1. The molecular weight excluding hydrogens is 558 g/mol. The highest BCUT2D eigenvalue weighted by Gasteiger charge is 2.39. The van der Waals surface area contributed by atoms with Gasteiger partial charge in [0.05, 0.1) is 17.7 Å². The van der Waals surface area contributed by atoms with Crippen LogP contribution < -0.4 is 10.1 Å². The van der Waals surface area contributed by atoms with Crippen LogP contribution in [0.1, 0.15) is 49.3 Å². The number of carbonyl (C=O) groups is 2. The van der Waals surface area contributed by atoms with E-state index in [1.807, 2.05) is 47.2 Å². The van der Waals surface area contributed by atoms with Gasteiger partial charge in [0.2, 0.25) is 5.91 Å². The van der Waals surface area contributed by atoms with Crippen LogP contribution in [0.25, 0.3) is 5.57 Å². The molecule has 1 N–H and O–H groups in total. The van der Waals surface area contributed by atoms with Gasteiger partial charge >= 0.3 is 0 Å². The molecule has 0 aliphatic carbocycles. The Morgan fingerprint density at radius 1 is 0.907 bits per heavy atom. The second-order valence-corrected chi connectivity index (χ2v) is 12.1. The number of fused-ring (bicyclic) bond motifs is 2. The molecule has 5 rings (SSSR count). The number of aryl methyl sites for hydroxylation is 2. The zero-order valence-corrected chi connectivity index (χ0v) is 26.0. The van der Waals surface area contributed by atoms with Crippen LogP contribution in [0, 0.1) is 0 Å². The molecular formula is C36H42ClN3O3. The van der Waals surface area contributed by atoms with Gasteiger partial charge in [-0.15, -0.1) is 0 Å². The fraction of sp³-hybridized carbons (Fsp3) is 0.389. The number of benzene rings is 3. The van der Waals surface area contributed by atoms with Gasteiger partial charge < -0.3 is 19.9 Å². The molecule has 1 fully saturated rings. The van der Waals surface area contributed by atoms with E-state index in [1.165, 1.54) is 11.1 Å². The van der Waals surface area contributed by atoms with Gasteiger partial charge in [-0.3, -0.25) is 9.59 Å². The third-order valence-electron chi connectivity index (χ3n) is 8.49. The summed E-state index contributed by atoms with van der Waals surface area (Å²) in [5.41, 5.74) is 5.55. The van der Waals surface area contributed by atoms with Crippen molar-refractivity contribution in [1.29, 1.82) is 0 Å². The first-order chi connectivity index (χ1) is 20.9. The fourth-order valence-corrected chi connectivity index (χ4v) is 6.34. The maximum atomic E-state index is 14.0. The van der Waals surface area contributed by atoms with Crippen molar-refractivity contribution in [2.24, 2.45) is 0 Å². The highest BCUT2D eigenvalue weighted by atomic mass is 35.5. The number of likely N-dealkylation sites (N-methyl/N-ethyl adjacent to an activating group) is 1. The minimum absolute atomic E-state index is 0.0526. The van der Waals surface area contributed by atoms with Gasteiger partial charge in [0.25, 0.3) is 5.91 Å². The first-order valence-electron chi connectivity index (χ1n) is 15.4. The van der Waals surface area contributed by atoms with Crippen molar-refractivity contribution < 1.29 is 14.3 Å². The van der Waals surface area contributed by atoms with Crippen LogP contribution in [0.2, 0.25) is 5.02 Å². The molecule has 2 amide bonds. The lowest BCUT2D eigenvalue weighted by molar-refractivity contribution is -0.132. The van der Waals surface area contributed by atoms with Crippen molar-refractivity contribution in [3.63, 3.8) is 0 Å². The summed E-state index contributed by atoms with van der Waals surface area (Å²) in [5, 5.41) is 4.28. The van der Waals surface area contributed by atoms with Crippen LogP contribution in [0.4, 0.5) is 0 Å². The van der Waals surface area contributed by atoms with E-state index in [0.29, 0.717) is 43.4 Å². The average Bonchev–Trinajstić information content (AvgIpc) is 3.02. The molecule has 3 aromatic rings. The first kappa shape index (κ1) is 30.8. The topological polar surface area (TPSA) is 61.9 Å². The highest BCUT2D eigenvalue weighted by molar-refractivity contribution is 6.32. The number of hydrogen-bond acceptors (Lipinski definition) is 4. The Bertz CT molecular complexity index is 1420. The zero-order valence-electron chi connectivity index (χ0n) is 25.2. The van der Waals surface area contributed by atoms with Crippen LogP contribution in [0.5, 0.6) is 5.75 Å². The summed E-state index contributed by atoms with van der Waals surface area (Å²) < 4.78 is 5.85. The minimum Gasteiger partial charge on any atom is -0.492 e. The Hall–Kier alpha value is -3.61. The van der Waals surface area contributed by atoms with Crippen LogP contribution in [0.3, 0.4) is 0 Å². The van der Waals surface area contributed by atoms with Gasteiger partial charge in [0.15, 0.2) is 0 Å². The summed E-state index contributed by atoms with van der Waals surface area (Å²) in [6.45, 7) is 4.08. The maximum Gasteiger partial charge on any atom is 0.251 e. The number of ether oxygens (including phenoxy) is 1. The number of hydrogen-bond donors (Lipinski definition) is 1. The second kappa shape index (κ2) is 14.7. The van der Waals surface area contributed by atoms with Crippen LogP contribution in [0.15, 0.2) is 84.4 Å². The number of nitrogens with one attached hydrogen (secondary N) is 1. The fourth-order valence-electron chi connectivity index (χ4n) is 6.15. The molecule has 1 saturated heterocycles. The number of para-hydroxylation sites is 1. The lowest BCUT2D eigenvalue weighted by Crippen LogP contribution is -2.61. The van der Waals surface area contributed by atoms with Crippen molar-refractivity contribution in [3.05, 3.63) is 106 Å². The number of unbranched alkanes of at least 4 members (excludes halogenated alkanes) is 1. The summed E-state index contributed by atoms with van der Waals surface area (Å²) in [4.78, 5) is 30.0. The molecule has 0 spiro atoms. The molecule has 2 unspecified atom stereocenters. The Kier molecular flexibility index (Phi) is 10.6. The van der Waals surface area contributed by atoms with Gasteiger partial charge in [-0.05, 0) is 72.9 Å². The Morgan fingerprint density at radius 2 is 1.60 bits per heavy atom. The van der Waals surface area contributed by atoms with Crippen LogP contribution in [-0.4, -0.2) is 67.0 Å². The van der Waals surface area contributed by atoms with Crippen molar-refractivity contribution in [2.75, 3.05) is 33.3 Å². The molecule has 0 saturated carbocycles. The van der Waals surface area contributed by atoms with Crippen LogP contribution in [-0.2, 0) is 22.4 Å². The summed E-state index contributed by atoms with van der Waals surface area (Å²) in [6.07, 6.45) is 5.46. The second-order valence-electron chi connectivity index (χ2n) is 11.7. The maximum absolute atomic E-state index is 14.0. The summed E-state index contributed by atoms with van der Waals surface area (Å²) in [6, 6.07) is 26.6. The Labute approximate surface area is 260 Å². The average molecular weight is 600 g/mol. The van der Waals surface area contributed by atoms with E-state index < -0.39 is 0 Å². The van der Waals surface area contributed by atoms with Gasteiger partial charge in [0, 0.05) is 45.2 Å². The van der Waals surface area contributed by atoms with Crippen molar-refractivity contribution >= 4 is 29.0 Å². The molecule has 226 valence electrons.